The molecule has 0 unspecified atom stereocenters. The molecule has 0 bridgehead atoms. The third-order valence-electron chi connectivity index (χ3n) is 0.894. The highest BCUT2D eigenvalue weighted by Crippen LogP contribution is 1.97. The highest BCUT2D eigenvalue weighted by Gasteiger charge is 1.92. The van der Waals surface area contributed by atoms with Crippen LogP contribution in [-0.4, -0.2) is 5.78 Å². The summed E-state index contributed by atoms with van der Waals surface area (Å²) in [5, 5.41) is 0. The lowest BCUT2D eigenvalue weighted by atomic mass is 10.2. The van der Waals surface area contributed by atoms with Crippen LogP contribution in [0.5, 0.6) is 0 Å². The van der Waals surface area contributed by atoms with E-state index >= 15 is 0 Å². The molecule has 0 aliphatic rings. The van der Waals surface area contributed by atoms with Crippen LogP contribution in [0.2, 0.25) is 0 Å². The maximum atomic E-state index is 11.3. The molecule has 0 aliphatic carbocycles. The van der Waals surface area contributed by atoms with E-state index in [0.29, 0.717) is 0 Å². The van der Waals surface area contributed by atoms with Crippen molar-refractivity contribution in [2.24, 2.45) is 0 Å². The lowest BCUT2D eigenvalue weighted by molar-refractivity contribution is 0.101. The minimum absolute atomic E-state index is 0.153. The van der Waals surface area contributed by atoms with E-state index in [4.69, 9.17) is 6.85 Å². The van der Waals surface area contributed by atoms with Crippen molar-refractivity contribution in [1.29, 1.82) is 0 Å². The summed E-state index contributed by atoms with van der Waals surface area (Å²) in [7, 11) is 0. The Kier molecular flexibility index (Phi) is 0.612. The number of carbonyl (C=O) groups is 1. The first-order valence-corrected chi connectivity index (χ1v) is 2.45. The van der Waals surface area contributed by atoms with Crippen LogP contribution < -0.4 is 0 Å². The summed E-state index contributed by atoms with van der Waals surface area (Å²) in [5.41, 5.74) is -0.225. The third kappa shape index (κ3) is 1.39. The van der Waals surface area contributed by atoms with Gasteiger partial charge < -0.3 is 0 Å². The van der Waals surface area contributed by atoms with Gasteiger partial charge in [0.15, 0.2) is 5.78 Å². The zero-order chi connectivity index (χ0) is 10.9. The van der Waals surface area contributed by atoms with E-state index in [2.05, 4.69) is 0 Å². The second kappa shape index (κ2) is 2.44. The largest absolute Gasteiger partial charge is 0.295 e. The monoisotopic (exact) mass is 125 g/mol. The molecule has 0 saturated carbocycles. The predicted octanol–water partition coefficient (Wildman–Crippen LogP) is 1.89. The number of rotatable bonds is 1. The highest BCUT2D eigenvalue weighted by molar-refractivity contribution is 5.93. The number of benzene rings is 1. The molecular formula is C8H8O. The van der Waals surface area contributed by atoms with Crippen LogP contribution >= 0.6 is 0 Å². The van der Waals surface area contributed by atoms with Crippen LogP contribution in [0.1, 0.15) is 24.1 Å². The van der Waals surface area contributed by atoms with Gasteiger partial charge in [-0.3, -0.25) is 4.79 Å². The van der Waals surface area contributed by atoms with E-state index in [1.54, 1.807) is 0 Å². The molecule has 1 rings (SSSR count). The summed E-state index contributed by atoms with van der Waals surface area (Å²) in [6, 6.07) is 3.47. The molecule has 9 heavy (non-hydrogen) atoms. The molecule has 0 fully saturated rings. The molecule has 0 spiro atoms. The first kappa shape index (κ1) is 2.25. The zero-order valence-corrected chi connectivity index (χ0v) is 4.64. The molecule has 0 aromatic heterocycles. The SMILES string of the molecule is [2H]c1cccc(C(=O)C([2H])([2H])[2H])c1[2H]. The molecule has 0 amide bonds. The van der Waals surface area contributed by atoms with Gasteiger partial charge in [-0.1, -0.05) is 30.3 Å². The second-order valence-electron chi connectivity index (χ2n) is 1.54. The van der Waals surface area contributed by atoms with Gasteiger partial charge >= 0.3 is 0 Å². The lowest BCUT2D eigenvalue weighted by Crippen LogP contribution is -1.88. The van der Waals surface area contributed by atoms with Crippen molar-refractivity contribution < 1.29 is 11.6 Å². The molecule has 0 aliphatic heterocycles. The van der Waals surface area contributed by atoms with E-state index in [1.165, 1.54) is 18.2 Å². The molecule has 46 valence electrons. The summed E-state index contributed by atoms with van der Waals surface area (Å²) in [6.07, 6.45) is 0. The van der Waals surface area contributed by atoms with Gasteiger partial charge in [-0.2, -0.15) is 0 Å². The van der Waals surface area contributed by atoms with Gasteiger partial charge in [0.25, 0.3) is 0 Å². The Morgan fingerprint density at radius 3 is 3.44 bits per heavy atom. The van der Waals surface area contributed by atoms with E-state index in [9.17, 15) is 4.79 Å². The van der Waals surface area contributed by atoms with Crippen molar-refractivity contribution in [2.75, 3.05) is 0 Å². The Morgan fingerprint density at radius 2 is 2.67 bits per heavy atom. The van der Waals surface area contributed by atoms with Crippen LogP contribution in [0.15, 0.2) is 30.3 Å². The molecule has 1 aromatic rings. The average molecular weight is 125 g/mol. The number of hydrogen-bond donors (Lipinski definition) is 0. The van der Waals surface area contributed by atoms with Crippen molar-refractivity contribution in [3.05, 3.63) is 35.8 Å². The first-order valence-electron chi connectivity index (χ1n) is 4.95. The second-order valence-corrected chi connectivity index (χ2v) is 1.54. The molecule has 0 heterocycles. The van der Waals surface area contributed by atoms with Crippen molar-refractivity contribution in [2.45, 2.75) is 6.85 Å². The molecule has 0 saturated heterocycles. The molecule has 0 radical (unpaired) electrons. The van der Waals surface area contributed by atoms with Crippen molar-refractivity contribution in [1.82, 2.24) is 0 Å². The fourth-order valence-electron chi connectivity index (χ4n) is 0.486. The molecular weight excluding hydrogens is 112 g/mol. The smallest absolute Gasteiger partial charge is 0.159 e. The van der Waals surface area contributed by atoms with E-state index in [-0.39, 0.29) is 17.6 Å². The molecule has 0 N–H and O–H groups in total. The predicted molar refractivity (Wildman–Crippen MR) is 36.4 cm³/mol. The van der Waals surface area contributed by atoms with E-state index < -0.39 is 12.6 Å². The Labute approximate surface area is 61.3 Å². The lowest BCUT2D eigenvalue weighted by Gasteiger charge is -1.89. The van der Waals surface area contributed by atoms with Gasteiger partial charge in [-0.15, -0.1) is 0 Å². The van der Waals surface area contributed by atoms with Gasteiger partial charge in [-0.05, 0) is 6.85 Å². The summed E-state index contributed by atoms with van der Waals surface area (Å²) < 4.78 is 35.2. The van der Waals surface area contributed by atoms with Crippen LogP contribution in [0.4, 0.5) is 0 Å². The normalized spacial score (nSPS) is 18.4. The molecule has 0 atom stereocenters. The van der Waals surface area contributed by atoms with Crippen LogP contribution in [0.25, 0.3) is 0 Å². The van der Waals surface area contributed by atoms with Crippen molar-refractivity contribution in [3.8, 4) is 0 Å². The zero-order valence-electron chi connectivity index (χ0n) is 9.64. The van der Waals surface area contributed by atoms with Gasteiger partial charge in [0, 0.05) is 9.68 Å². The number of ketones is 1. The quantitative estimate of drug-likeness (QED) is 0.524. The number of Topliss-reactive ketones (excluding diaryl/α,β-unsaturated/α-hetero) is 1. The summed E-state index contributed by atoms with van der Waals surface area (Å²) >= 11 is 0. The maximum absolute atomic E-state index is 11.3. The Bertz CT molecular complexity index is 368. The van der Waals surface area contributed by atoms with Crippen molar-refractivity contribution >= 4 is 5.78 Å². The highest BCUT2D eigenvalue weighted by atomic mass is 16.1. The standard InChI is InChI=1S/C8H8O/c1-7(9)8-5-3-2-4-6-8/h2-6H,1H3/i1D3,3D,5D. The summed E-state index contributed by atoms with van der Waals surface area (Å²) in [5.74, 6) is -1.09. The molecule has 1 heteroatoms. The minimum Gasteiger partial charge on any atom is -0.295 e. The Hall–Kier alpha value is -1.11. The summed E-state index contributed by atoms with van der Waals surface area (Å²) in [4.78, 5) is 11.3. The number of hydrogen-bond acceptors (Lipinski definition) is 1. The van der Waals surface area contributed by atoms with Crippen LogP contribution in [-0.2, 0) is 0 Å². The van der Waals surface area contributed by atoms with Gasteiger partial charge in [0.2, 0.25) is 0 Å². The minimum atomic E-state index is -2.75. The van der Waals surface area contributed by atoms with Gasteiger partial charge in [-0.25, -0.2) is 0 Å². The maximum Gasteiger partial charge on any atom is 0.159 e. The Balaban J connectivity index is 3.21. The Morgan fingerprint density at radius 1 is 1.78 bits per heavy atom. The fourth-order valence-corrected chi connectivity index (χ4v) is 0.486. The van der Waals surface area contributed by atoms with E-state index in [1.807, 2.05) is 0 Å². The first-order chi connectivity index (χ1) is 6.34. The van der Waals surface area contributed by atoms with Crippen molar-refractivity contribution in [3.63, 3.8) is 0 Å². The van der Waals surface area contributed by atoms with Gasteiger partial charge in [0.1, 0.15) is 0 Å². The van der Waals surface area contributed by atoms with E-state index in [0.717, 1.165) is 0 Å². The van der Waals surface area contributed by atoms with Crippen LogP contribution in [0, 0.1) is 0 Å². The van der Waals surface area contributed by atoms with Crippen LogP contribution in [0.3, 0.4) is 0 Å². The number of carbonyl (C=O) groups excluding carboxylic acids is 1. The third-order valence-corrected chi connectivity index (χ3v) is 0.894. The molecule has 1 nitrogen and oxygen atoms in total. The topological polar surface area (TPSA) is 17.1 Å². The average Bonchev–Trinajstić information content (AvgIpc) is 2.07. The fraction of sp³-hybridized carbons (Fsp3) is 0.125. The van der Waals surface area contributed by atoms with Gasteiger partial charge in [0.05, 0.1) is 2.74 Å². The summed E-state index contributed by atoms with van der Waals surface area (Å²) in [6.45, 7) is -2.75. The molecule has 1 aromatic carbocycles.